The molecule has 0 bridgehead atoms. The van der Waals surface area contributed by atoms with Gasteiger partial charge in [-0.2, -0.15) is 0 Å². The van der Waals surface area contributed by atoms with Gasteiger partial charge in [-0.25, -0.2) is 0 Å². The first-order chi connectivity index (χ1) is 7.98. The fraction of sp³-hybridized carbons (Fsp3) is 0.625. The minimum absolute atomic E-state index is 0.151. The standard InChI is InChI=1S/C16H26O/c1-5-6-7-8-15(17)16(3,4)14-11-9-13(2)10-12-14/h9-12,15,17H,5-8H2,1-4H3. The third-order valence-corrected chi connectivity index (χ3v) is 3.71. The van der Waals surface area contributed by atoms with Crippen molar-refractivity contribution in [1.29, 1.82) is 0 Å². The van der Waals surface area contributed by atoms with Crippen LogP contribution in [0.1, 0.15) is 57.6 Å². The molecular weight excluding hydrogens is 208 g/mol. The second kappa shape index (κ2) is 6.20. The van der Waals surface area contributed by atoms with Crippen LogP contribution in [-0.4, -0.2) is 11.2 Å². The Morgan fingerprint density at radius 2 is 1.71 bits per heavy atom. The molecule has 1 heteroatoms. The van der Waals surface area contributed by atoms with Crippen molar-refractivity contribution in [3.05, 3.63) is 35.4 Å². The number of aliphatic hydroxyl groups excluding tert-OH is 1. The third kappa shape index (κ3) is 3.85. The lowest BCUT2D eigenvalue weighted by molar-refractivity contribution is 0.0886. The van der Waals surface area contributed by atoms with E-state index in [2.05, 4.69) is 52.0 Å². The second-order valence-electron chi connectivity index (χ2n) is 5.60. The number of aliphatic hydroxyl groups is 1. The molecule has 1 aromatic rings. The number of benzene rings is 1. The van der Waals surface area contributed by atoms with Gasteiger partial charge in [-0.15, -0.1) is 0 Å². The predicted octanol–water partition coefficient (Wildman–Crippen LogP) is 4.21. The Balaban J connectivity index is 2.68. The normalized spacial score (nSPS) is 13.7. The van der Waals surface area contributed by atoms with Crippen LogP contribution in [0.4, 0.5) is 0 Å². The molecule has 0 aromatic heterocycles. The maximum atomic E-state index is 10.3. The number of unbranched alkanes of at least 4 members (excludes halogenated alkanes) is 2. The Kier molecular flexibility index (Phi) is 5.20. The van der Waals surface area contributed by atoms with Crippen molar-refractivity contribution >= 4 is 0 Å². The molecule has 1 rings (SSSR count). The highest BCUT2D eigenvalue weighted by Gasteiger charge is 2.28. The van der Waals surface area contributed by atoms with E-state index in [1.165, 1.54) is 24.0 Å². The molecule has 1 nitrogen and oxygen atoms in total. The van der Waals surface area contributed by atoms with Crippen molar-refractivity contribution in [3.63, 3.8) is 0 Å². The Bertz CT molecular complexity index is 324. The minimum atomic E-state index is -0.253. The molecule has 17 heavy (non-hydrogen) atoms. The van der Waals surface area contributed by atoms with E-state index in [1.807, 2.05) is 0 Å². The molecule has 0 spiro atoms. The molecule has 1 atom stereocenters. The zero-order valence-electron chi connectivity index (χ0n) is 11.7. The highest BCUT2D eigenvalue weighted by molar-refractivity contribution is 5.28. The Morgan fingerprint density at radius 1 is 1.12 bits per heavy atom. The van der Waals surface area contributed by atoms with Crippen LogP contribution in [0.25, 0.3) is 0 Å². The van der Waals surface area contributed by atoms with E-state index in [1.54, 1.807) is 0 Å². The lowest BCUT2D eigenvalue weighted by Crippen LogP contribution is -2.33. The fourth-order valence-electron chi connectivity index (χ4n) is 2.12. The second-order valence-corrected chi connectivity index (χ2v) is 5.60. The summed E-state index contributed by atoms with van der Waals surface area (Å²) < 4.78 is 0. The molecule has 0 aliphatic heterocycles. The minimum Gasteiger partial charge on any atom is -0.392 e. The molecule has 0 aliphatic carbocycles. The van der Waals surface area contributed by atoms with E-state index in [0.717, 1.165) is 12.8 Å². The lowest BCUT2D eigenvalue weighted by atomic mass is 9.77. The molecule has 0 saturated carbocycles. The first-order valence-corrected chi connectivity index (χ1v) is 6.73. The summed E-state index contributed by atoms with van der Waals surface area (Å²) in [5.74, 6) is 0. The van der Waals surface area contributed by atoms with Crippen molar-refractivity contribution in [1.82, 2.24) is 0 Å². The van der Waals surface area contributed by atoms with E-state index in [9.17, 15) is 5.11 Å². The van der Waals surface area contributed by atoms with Gasteiger partial charge in [-0.05, 0) is 18.9 Å². The molecular formula is C16H26O. The van der Waals surface area contributed by atoms with Gasteiger partial charge in [0.25, 0.3) is 0 Å². The monoisotopic (exact) mass is 234 g/mol. The van der Waals surface area contributed by atoms with Crippen LogP contribution in [0.2, 0.25) is 0 Å². The Labute approximate surface area is 106 Å². The first kappa shape index (κ1) is 14.2. The molecule has 1 N–H and O–H groups in total. The predicted molar refractivity (Wildman–Crippen MR) is 74.4 cm³/mol. The molecule has 0 amide bonds. The molecule has 1 aromatic carbocycles. The van der Waals surface area contributed by atoms with Crippen LogP contribution in [0.3, 0.4) is 0 Å². The number of hydrogen-bond donors (Lipinski definition) is 1. The summed E-state index contributed by atoms with van der Waals surface area (Å²) in [4.78, 5) is 0. The molecule has 0 saturated heterocycles. The van der Waals surface area contributed by atoms with E-state index >= 15 is 0 Å². The van der Waals surface area contributed by atoms with Crippen LogP contribution >= 0.6 is 0 Å². The van der Waals surface area contributed by atoms with Gasteiger partial charge in [0.2, 0.25) is 0 Å². The topological polar surface area (TPSA) is 20.2 Å². The fourth-order valence-corrected chi connectivity index (χ4v) is 2.12. The van der Waals surface area contributed by atoms with E-state index in [0.29, 0.717) is 0 Å². The Morgan fingerprint density at radius 3 is 2.24 bits per heavy atom. The van der Waals surface area contributed by atoms with Crippen molar-refractivity contribution in [2.75, 3.05) is 0 Å². The van der Waals surface area contributed by atoms with Crippen molar-refractivity contribution in [2.45, 2.75) is 64.9 Å². The Hall–Kier alpha value is -0.820. The number of rotatable bonds is 6. The van der Waals surface area contributed by atoms with Gasteiger partial charge >= 0.3 is 0 Å². The zero-order chi connectivity index (χ0) is 12.9. The van der Waals surface area contributed by atoms with Crippen molar-refractivity contribution in [2.24, 2.45) is 0 Å². The van der Waals surface area contributed by atoms with Crippen LogP contribution < -0.4 is 0 Å². The smallest absolute Gasteiger partial charge is 0.0631 e. The van der Waals surface area contributed by atoms with E-state index < -0.39 is 0 Å². The number of aryl methyl sites for hydroxylation is 1. The molecule has 0 fully saturated rings. The van der Waals surface area contributed by atoms with Gasteiger partial charge in [0.05, 0.1) is 6.10 Å². The summed E-state index contributed by atoms with van der Waals surface area (Å²) in [6.45, 7) is 8.55. The van der Waals surface area contributed by atoms with Gasteiger partial charge in [-0.1, -0.05) is 69.9 Å². The third-order valence-electron chi connectivity index (χ3n) is 3.71. The number of hydrogen-bond acceptors (Lipinski definition) is 1. The maximum absolute atomic E-state index is 10.3. The zero-order valence-corrected chi connectivity index (χ0v) is 11.7. The van der Waals surface area contributed by atoms with Crippen LogP contribution in [-0.2, 0) is 5.41 Å². The highest BCUT2D eigenvalue weighted by Crippen LogP contribution is 2.30. The van der Waals surface area contributed by atoms with Gasteiger partial charge in [-0.3, -0.25) is 0 Å². The van der Waals surface area contributed by atoms with Crippen LogP contribution in [0, 0.1) is 6.92 Å². The van der Waals surface area contributed by atoms with E-state index in [-0.39, 0.29) is 11.5 Å². The van der Waals surface area contributed by atoms with Gasteiger partial charge in [0.15, 0.2) is 0 Å². The molecule has 96 valence electrons. The van der Waals surface area contributed by atoms with Crippen molar-refractivity contribution < 1.29 is 5.11 Å². The lowest BCUT2D eigenvalue weighted by Gasteiger charge is -2.31. The maximum Gasteiger partial charge on any atom is 0.0631 e. The molecule has 0 aliphatic rings. The van der Waals surface area contributed by atoms with Gasteiger partial charge in [0, 0.05) is 5.41 Å². The van der Waals surface area contributed by atoms with E-state index in [4.69, 9.17) is 0 Å². The highest BCUT2D eigenvalue weighted by atomic mass is 16.3. The van der Waals surface area contributed by atoms with Gasteiger partial charge in [0.1, 0.15) is 0 Å². The van der Waals surface area contributed by atoms with Crippen molar-refractivity contribution in [3.8, 4) is 0 Å². The largest absolute Gasteiger partial charge is 0.392 e. The summed E-state index contributed by atoms with van der Waals surface area (Å²) in [7, 11) is 0. The average Bonchev–Trinajstić information content (AvgIpc) is 2.29. The average molecular weight is 234 g/mol. The molecule has 1 unspecified atom stereocenters. The van der Waals surface area contributed by atoms with Crippen LogP contribution in [0.5, 0.6) is 0 Å². The summed E-state index contributed by atoms with van der Waals surface area (Å²) >= 11 is 0. The first-order valence-electron chi connectivity index (χ1n) is 6.73. The van der Waals surface area contributed by atoms with Crippen LogP contribution in [0.15, 0.2) is 24.3 Å². The summed E-state index contributed by atoms with van der Waals surface area (Å²) in [6.07, 6.45) is 4.18. The molecule has 0 heterocycles. The summed E-state index contributed by atoms with van der Waals surface area (Å²) in [5, 5.41) is 10.3. The molecule has 0 radical (unpaired) electrons. The summed E-state index contributed by atoms with van der Waals surface area (Å²) in [6, 6.07) is 8.52. The summed E-state index contributed by atoms with van der Waals surface area (Å²) in [5.41, 5.74) is 2.35. The van der Waals surface area contributed by atoms with Gasteiger partial charge < -0.3 is 5.11 Å². The SMILES string of the molecule is CCCCCC(O)C(C)(C)c1ccc(C)cc1. The quantitative estimate of drug-likeness (QED) is 0.731.